The van der Waals surface area contributed by atoms with Crippen molar-refractivity contribution in [1.29, 1.82) is 0 Å². The first-order valence-electron chi connectivity index (χ1n) is 4.88. The maximum atomic E-state index is 5.31. The SMILES string of the molecule is C#Cc1ncccc1SOOc1ccccc1. The first kappa shape index (κ1) is 11.5. The lowest BCUT2D eigenvalue weighted by Gasteiger charge is -2.03. The second-order valence-electron chi connectivity index (χ2n) is 3.04. The second kappa shape index (κ2) is 5.94. The van der Waals surface area contributed by atoms with Gasteiger partial charge in [0, 0.05) is 6.20 Å². The fourth-order valence-electron chi connectivity index (χ4n) is 1.14. The van der Waals surface area contributed by atoms with Gasteiger partial charge in [0.1, 0.15) is 5.69 Å². The Balaban J connectivity index is 1.93. The third-order valence-electron chi connectivity index (χ3n) is 1.90. The number of rotatable bonds is 4. The molecule has 0 N–H and O–H groups in total. The van der Waals surface area contributed by atoms with Gasteiger partial charge in [-0.05, 0) is 30.2 Å². The van der Waals surface area contributed by atoms with E-state index in [9.17, 15) is 0 Å². The van der Waals surface area contributed by atoms with Gasteiger partial charge < -0.3 is 4.89 Å². The molecule has 2 rings (SSSR count). The molecule has 84 valence electrons. The number of para-hydroxylation sites is 1. The smallest absolute Gasteiger partial charge is 0.166 e. The van der Waals surface area contributed by atoms with Crippen molar-refractivity contribution < 1.29 is 9.22 Å². The Morgan fingerprint density at radius 2 is 1.94 bits per heavy atom. The van der Waals surface area contributed by atoms with Crippen LogP contribution in [0.25, 0.3) is 0 Å². The van der Waals surface area contributed by atoms with Crippen LogP contribution in [0.5, 0.6) is 5.75 Å². The highest BCUT2D eigenvalue weighted by Gasteiger charge is 2.03. The molecular weight excluding hydrogens is 234 g/mol. The molecule has 1 heterocycles. The van der Waals surface area contributed by atoms with Crippen LogP contribution < -0.4 is 4.89 Å². The summed E-state index contributed by atoms with van der Waals surface area (Å²) in [6.07, 6.45) is 6.95. The second-order valence-corrected chi connectivity index (χ2v) is 3.78. The van der Waals surface area contributed by atoms with Crippen LogP contribution in [-0.2, 0) is 4.33 Å². The molecule has 0 bridgehead atoms. The van der Waals surface area contributed by atoms with Crippen LogP contribution in [0, 0.1) is 12.3 Å². The van der Waals surface area contributed by atoms with E-state index in [4.69, 9.17) is 15.6 Å². The van der Waals surface area contributed by atoms with Gasteiger partial charge in [-0.2, -0.15) is 0 Å². The van der Waals surface area contributed by atoms with Crippen LogP contribution in [0.3, 0.4) is 0 Å². The molecule has 0 aliphatic rings. The molecule has 0 spiro atoms. The van der Waals surface area contributed by atoms with Crippen molar-refractivity contribution in [2.75, 3.05) is 0 Å². The summed E-state index contributed by atoms with van der Waals surface area (Å²) in [5.41, 5.74) is 0.536. The van der Waals surface area contributed by atoms with Crippen LogP contribution in [0.1, 0.15) is 5.69 Å². The molecule has 0 aliphatic heterocycles. The number of benzene rings is 1. The minimum atomic E-state index is 0.536. The zero-order chi connectivity index (χ0) is 11.9. The molecule has 4 heteroatoms. The van der Waals surface area contributed by atoms with E-state index in [-0.39, 0.29) is 0 Å². The van der Waals surface area contributed by atoms with Crippen molar-refractivity contribution >= 4 is 12.0 Å². The lowest BCUT2D eigenvalue weighted by Crippen LogP contribution is -1.91. The summed E-state index contributed by atoms with van der Waals surface area (Å²) >= 11 is 1.04. The average Bonchev–Trinajstić information content (AvgIpc) is 2.40. The van der Waals surface area contributed by atoms with Gasteiger partial charge in [-0.1, -0.05) is 18.2 Å². The molecule has 0 amide bonds. The normalized spacial score (nSPS) is 9.59. The Morgan fingerprint density at radius 1 is 1.12 bits per heavy atom. The molecule has 0 fully saturated rings. The van der Waals surface area contributed by atoms with E-state index in [1.807, 2.05) is 24.3 Å². The van der Waals surface area contributed by atoms with Crippen molar-refractivity contribution in [3.05, 3.63) is 54.4 Å². The number of nitrogens with zero attached hydrogens (tertiary/aromatic N) is 1. The Bertz CT molecular complexity index is 522. The van der Waals surface area contributed by atoms with Crippen LogP contribution in [0.4, 0.5) is 0 Å². The maximum absolute atomic E-state index is 5.31. The van der Waals surface area contributed by atoms with Gasteiger partial charge in [-0.3, -0.25) is 0 Å². The van der Waals surface area contributed by atoms with Crippen LogP contribution in [-0.4, -0.2) is 4.98 Å². The van der Waals surface area contributed by atoms with Gasteiger partial charge in [0.2, 0.25) is 0 Å². The first-order chi connectivity index (χ1) is 8.40. The molecule has 1 aromatic carbocycles. The quantitative estimate of drug-likeness (QED) is 0.357. The van der Waals surface area contributed by atoms with E-state index in [0.29, 0.717) is 11.4 Å². The largest absolute Gasteiger partial charge is 0.325 e. The van der Waals surface area contributed by atoms with E-state index >= 15 is 0 Å². The molecule has 2 aromatic rings. The van der Waals surface area contributed by atoms with Gasteiger partial charge in [-0.15, -0.1) is 10.8 Å². The third kappa shape index (κ3) is 3.25. The number of hydrogen-bond acceptors (Lipinski definition) is 4. The highest BCUT2D eigenvalue weighted by molar-refractivity contribution is 7.94. The summed E-state index contributed by atoms with van der Waals surface area (Å²) in [4.78, 5) is 9.85. The van der Waals surface area contributed by atoms with Crippen molar-refractivity contribution in [3.8, 4) is 18.1 Å². The zero-order valence-electron chi connectivity index (χ0n) is 8.87. The fraction of sp³-hybridized carbons (Fsp3) is 0. The van der Waals surface area contributed by atoms with Crippen molar-refractivity contribution in [3.63, 3.8) is 0 Å². The predicted octanol–water partition coefficient (Wildman–Crippen LogP) is 3.08. The third-order valence-corrected chi connectivity index (χ3v) is 2.55. The monoisotopic (exact) mass is 243 g/mol. The molecule has 3 nitrogen and oxygen atoms in total. The number of pyridine rings is 1. The van der Waals surface area contributed by atoms with Crippen molar-refractivity contribution in [1.82, 2.24) is 4.98 Å². The number of terminal acetylenes is 1. The van der Waals surface area contributed by atoms with Crippen LogP contribution in [0.15, 0.2) is 53.6 Å². The molecule has 0 unspecified atom stereocenters. The van der Waals surface area contributed by atoms with E-state index < -0.39 is 0 Å². The van der Waals surface area contributed by atoms with Gasteiger partial charge in [-0.25, -0.2) is 4.98 Å². The summed E-state index contributed by atoms with van der Waals surface area (Å²) in [5, 5.41) is 0. The maximum Gasteiger partial charge on any atom is 0.166 e. The van der Waals surface area contributed by atoms with E-state index in [0.717, 1.165) is 16.9 Å². The molecule has 1 aromatic heterocycles. The van der Waals surface area contributed by atoms with E-state index in [1.165, 1.54) is 0 Å². The fourth-order valence-corrected chi connectivity index (χ4v) is 1.65. The first-order valence-corrected chi connectivity index (χ1v) is 5.62. The summed E-state index contributed by atoms with van der Waals surface area (Å²) < 4.78 is 5.03. The predicted molar refractivity (Wildman–Crippen MR) is 66.2 cm³/mol. The molecule has 17 heavy (non-hydrogen) atoms. The van der Waals surface area contributed by atoms with E-state index in [1.54, 1.807) is 24.4 Å². The van der Waals surface area contributed by atoms with Crippen LogP contribution in [0.2, 0.25) is 0 Å². The van der Waals surface area contributed by atoms with E-state index in [2.05, 4.69) is 10.9 Å². The minimum Gasteiger partial charge on any atom is -0.325 e. The lowest BCUT2D eigenvalue weighted by molar-refractivity contribution is -0.0777. The summed E-state index contributed by atoms with van der Waals surface area (Å²) in [6, 6.07) is 12.8. The number of hydrogen-bond donors (Lipinski definition) is 0. The van der Waals surface area contributed by atoms with Gasteiger partial charge >= 0.3 is 0 Å². The molecular formula is C13H9NO2S. The molecule has 0 radical (unpaired) electrons. The molecule has 0 saturated heterocycles. The Hall–Kier alpha value is -1.96. The highest BCUT2D eigenvalue weighted by Crippen LogP contribution is 2.22. The standard InChI is InChI=1S/C13H9NO2S/c1-2-12-13(9-6-10-14-12)17-16-15-11-7-4-3-5-8-11/h1,3-10H. The Kier molecular flexibility index (Phi) is 4.03. The summed E-state index contributed by atoms with van der Waals surface area (Å²) in [6.45, 7) is 0. The average molecular weight is 243 g/mol. The lowest BCUT2D eigenvalue weighted by atomic mass is 10.3. The van der Waals surface area contributed by atoms with Gasteiger partial charge in [0.15, 0.2) is 5.75 Å². The Labute approximate surface area is 104 Å². The zero-order valence-corrected chi connectivity index (χ0v) is 9.68. The van der Waals surface area contributed by atoms with Crippen molar-refractivity contribution in [2.24, 2.45) is 0 Å². The summed E-state index contributed by atoms with van der Waals surface area (Å²) in [5.74, 6) is 3.11. The highest BCUT2D eigenvalue weighted by atomic mass is 32.2. The molecule has 0 saturated carbocycles. The Morgan fingerprint density at radius 3 is 2.71 bits per heavy atom. The minimum absolute atomic E-state index is 0.536. The van der Waals surface area contributed by atoms with Crippen LogP contribution >= 0.6 is 12.0 Å². The van der Waals surface area contributed by atoms with Gasteiger partial charge in [0.05, 0.1) is 16.9 Å². The topological polar surface area (TPSA) is 31.4 Å². The number of aromatic nitrogens is 1. The van der Waals surface area contributed by atoms with Crippen molar-refractivity contribution in [2.45, 2.75) is 4.90 Å². The molecule has 0 aliphatic carbocycles. The molecule has 0 atom stereocenters. The van der Waals surface area contributed by atoms with Gasteiger partial charge in [0.25, 0.3) is 0 Å². The summed E-state index contributed by atoms with van der Waals surface area (Å²) in [7, 11) is 0.